The van der Waals surface area contributed by atoms with Crippen molar-refractivity contribution in [3.63, 3.8) is 0 Å². The lowest BCUT2D eigenvalue weighted by atomic mass is 10.2. The highest BCUT2D eigenvalue weighted by atomic mass is 35.5. The van der Waals surface area contributed by atoms with Crippen LogP contribution in [0.2, 0.25) is 5.28 Å². The van der Waals surface area contributed by atoms with Crippen molar-refractivity contribution in [2.24, 2.45) is 5.92 Å². The summed E-state index contributed by atoms with van der Waals surface area (Å²) in [5.41, 5.74) is 0. The highest BCUT2D eigenvalue weighted by Gasteiger charge is 2.31. The molecule has 0 atom stereocenters. The van der Waals surface area contributed by atoms with E-state index in [2.05, 4.69) is 38.7 Å². The summed E-state index contributed by atoms with van der Waals surface area (Å²) >= 11 is 6.05. The summed E-state index contributed by atoms with van der Waals surface area (Å²) < 4.78 is 1.73. The lowest BCUT2D eigenvalue weighted by Crippen LogP contribution is -2.32. The van der Waals surface area contributed by atoms with Gasteiger partial charge in [0.2, 0.25) is 17.2 Å². The predicted molar refractivity (Wildman–Crippen MR) is 77.2 cm³/mol. The third-order valence-electron chi connectivity index (χ3n) is 3.13. The van der Waals surface area contributed by atoms with Crippen molar-refractivity contribution in [1.82, 2.24) is 24.5 Å². The molecule has 1 saturated carbocycles. The minimum atomic E-state index is 0.216. The first-order chi connectivity index (χ1) is 9.63. The average Bonchev–Trinajstić information content (AvgIpc) is 3.08. The van der Waals surface area contributed by atoms with Crippen molar-refractivity contribution < 1.29 is 0 Å². The summed E-state index contributed by atoms with van der Waals surface area (Å²) in [5, 5.41) is 0.216. The quantitative estimate of drug-likeness (QED) is 0.846. The van der Waals surface area contributed by atoms with Crippen LogP contribution in [0.15, 0.2) is 18.7 Å². The Labute approximate surface area is 122 Å². The van der Waals surface area contributed by atoms with E-state index in [-0.39, 0.29) is 5.28 Å². The van der Waals surface area contributed by atoms with E-state index in [1.807, 2.05) is 0 Å². The van der Waals surface area contributed by atoms with Gasteiger partial charge in [0.05, 0.1) is 0 Å². The molecular formula is C13H17ClN6. The molecule has 106 valence electrons. The molecule has 2 aromatic heterocycles. The fourth-order valence-corrected chi connectivity index (χ4v) is 2.28. The molecule has 1 fully saturated rings. The second kappa shape index (κ2) is 5.36. The van der Waals surface area contributed by atoms with E-state index in [0.717, 1.165) is 6.54 Å². The maximum absolute atomic E-state index is 6.05. The minimum Gasteiger partial charge on any atom is -0.337 e. The molecule has 0 aromatic carbocycles. The van der Waals surface area contributed by atoms with Gasteiger partial charge in [-0.25, -0.2) is 4.98 Å². The number of halogens is 1. The fourth-order valence-electron chi connectivity index (χ4n) is 2.12. The molecule has 2 aromatic rings. The Balaban J connectivity index is 1.95. The van der Waals surface area contributed by atoms with E-state index >= 15 is 0 Å². The average molecular weight is 293 g/mol. The van der Waals surface area contributed by atoms with Gasteiger partial charge in [-0.1, -0.05) is 13.8 Å². The highest BCUT2D eigenvalue weighted by Crippen LogP contribution is 2.31. The second-order valence-corrected chi connectivity index (χ2v) is 5.79. The van der Waals surface area contributed by atoms with E-state index in [1.165, 1.54) is 12.8 Å². The summed E-state index contributed by atoms with van der Waals surface area (Å²) in [7, 11) is 0. The summed E-state index contributed by atoms with van der Waals surface area (Å²) in [4.78, 5) is 19.2. The van der Waals surface area contributed by atoms with Gasteiger partial charge in [-0.05, 0) is 30.4 Å². The first-order valence-corrected chi connectivity index (χ1v) is 7.18. The Morgan fingerprint density at radius 1 is 1.35 bits per heavy atom. The largest absolute Gasteiger partial charge is 0.337 e. The van der Waals surface area contributed by atoms with Gasteiger partial charge in [-0.2, -0.15) is 15.0 Å². The number of aromatic nitrogens is 5. The molecule has 0 amide bonds. The zero-order valence-corrected chi connectivity index (χ0v) is 12.3. The summed E-state index contributed by atoms with van der Waals surface area (Å²) in [6.07, 6.45) is 7.51. The van der Waals surface area contributed by atoms with Crippen molar-refractivity contribution in [2.45, 2.75) is 32.7 Å². The minimum absolute atomic E-state index is 0.216. The van der Waals surface area contributed by atoms with Crippen LogP contribution in [0.1, 0.15) is 26.7 Å². The summed E-state index contributed by atoms with van der Waals surface area (Å²) in [6, 6.07) is 0.534. The number of hydrogen-bond donors (Lipinski definition) is 0. The molecule has 3 rings (SSSR count). The van der Waals surface area contributed by atoms with Crippen LogP contribution < -0.4 is 4.90 Å². The van der Waals surface area contributed by atoms with E-state index in [9.17, 15) is 0 Å². The maximum atomic E-state index is 6.05. The van der Waals surface area contributed by atoms with Crippen LogP contribution in [0.3, 0.4) is 0 Å². The molecule has 6 nitrogen and oxygen atoms in total. The number of imidazole rings is 1. The lowest BCUT2D eigenvalue weighted by Gasteiger charge is -2.24. The summed E-state index contributed by atoms with van der Waals surface area (Å²) in [6.45, 7) is 5.30. The van der Waals surface area contributed by atoms with Crippen LogP contribution in [0.5, 0.6) is 0 Å². The van der Waals surface area contributed by atoms with Crippen molar-refractivity contribution >= 4 is 17.5 Å². The van der Waals surface area contributed by atoms with Crippen molar-refractivity contribution in [3.8, 4) is 5.95 Å². The third-order valence-corrected chi connectivity index (χ3v) is 3.30. The Morgan fingerprint density at radius 3 is 2.75 bits per heavy atom. The monoisotopic (exact) mass is 292 g/mol. The molecule has 0 spiro atoms. The smallest absolute Gasteiger partial charge is 0.241 e. The van der Waals surface area contributed by atoms with Gasteiger partial charge in [0.1, 0.15) is 6.33 Å². The van der Waals surface area contributed by atoms with E-state index in [1.54, 1.807) is 23.3 Å². The van der Waals surface area contributed by atoms with Crippen LogP contribution in [-0.2, 0) is 0 Å². The topological polar surface area (TPSA) is 59.7 Å². The van der Waals surface area contributed by atoms with E-state index < -0.39 is 0 Å². The molecule has 1 aliphatic carbocycles. The first-order valence-electron chi connectivity index (χ1n) is 6.80. The standard InChI is InChI=1S/C13H17ClN6/c1-9(2)7-20(10-3-4-10)13-17-11(14)16-12(18-13)19-6-5-15-8-19/h5-6,8-10H,3-4,7H2,1-2H3. The van der Waals surface area contributed by atoms with Gasteiger partial charge >= 0.3 is 0 Å². The Kier molecular flexibility index (Phi) is 3.56. The summed E-state index contributed by atoms with van der Waals surface area (Å²) in [5.74, 6) is 1.71. The van der Waals surface area contributed by atoms with Gasteiger partial charge in [0.25, 0.3) is 0 Å². The molecule has 0 bridgehead atoms. The number of nitrogens with zero attached hydrogens (tertiary/aromatic N) is 6. The van der Waals surface area contributed by atoms with Crippen LogP contribution in [0.4, 0.5) is 5.95 Å². The number of rotatable bonds is 5. The van der Waals surface area contributed by atoms with Gasteiger partial charge in [0.15, 0.2) is 0 Å². The maximum Gasteiger partial charge on any atom is 0.241 e. The molecule has 0 N–H and O–H groups in total. The van der Waals surface area contributed by atoms with Crippen LogP contribution in [0.25, 0.3) is 5.95 Å². The number of hydrogen-bond acceptors (Lipinski definition) is 5. The normalized spacial score (nSPS) is 14.8. The molecule has 2 heterocycles. The zero-order valence-electron chi connectivity index (χ0n) is 11.6. The number of anilines is 1. The third kappa shape index (κ3) is 2.90. The fraction of sp³-hybridized carbons (Fsp3) is 0.538. The Morgan fingerprint density at radius 2 is 2.15 bits per heavy atom. The van der Waals surface area contributed by atoms with Gasteiger partial charge in [0, 0.05) is 25.0 Å². The van der Waals surface area contributed by atoms with E-state index in [4.69, 9.17) is 11.6 Å². The highest BCUT2D eigenvalue weighted by molar-refractivity contribution is 6.28. The van der Waals surface area contributed by atoms with Gasteiger partial charge in [-0.3, -0.25) is 4.57 Å². The SMILES string of the molecule is CC(C)CN(c1nc(Cl)nc(-n2ccnc2)n1)C1CC1. The molecule has 0 aliphatic heterocycles. The van der Waals surface area contributed by atoms with Gasteiger partial charge < -0.3 is 4.90 Å². The Bertz CT molecular complexity index is 579. The van der Waals surface area contributed by atoms with E-state index in [0.29, 0.717) is 23.9 Å². The lowest BCUT2D eigenvalue weighted by molar-refractivity contribution is 0.595. The second-order valence-electron chi connectivity index (χ2n) is 5.45. The molecular weight excluding hydrogens is 276 g/mol. The van der Waals surface area contributed by atoms with Crippen molar-refractivity contribution in [3.05, 3.63) is 24.0 Å². The molecule has 20 heavy (non-hydrogen) atoms. The molecule has 0 unspecified atom stereocenters. The van der Waals surface area contributed by atoms with Crippen LogP contribution >= 0.6 is 11.6 Å². The van der Waals surface area contributed by atoms with Crippen molar-refractivity contribution in [2.75, 3.05) is 11.4 Å². The van der Waals surface area contributed by atoms with Crippen LogP contribution in [0, 0.1) is 5.92 Å². The van der Waals surface area contributed by atoms with Gasteiger partial charge in [-0.15, -0.1) is 0 Å². The molecule has 0 radical (unpaired) electrons. The van der Waals surface area contributed by atoms with Crippen molar-refractivity contribution in [1.29, 1.82) is 0 Å². The predicted octanol–water partition coefficient (Wildman–Crippen LogP) is 2.34. The zero-order chi connectivity index (χ0) is 14.1. The Hall–Kier alpha value is -1.69. The molecule has 1 aliphatic rings. The van der Waals surface area contributed by atoms with Crippen LogP contribution in [-0.4, -0.2) is 37.1 Å². The molecule has 0 saturated heterocycles. The molecule has 7 heteroatoms. The first kappa shape index (κ1) is 13.3.